The standard InChI is InChI=1S/C21H28FN5O3/c1-2-14-8-3-4-9-27(14)21-25-18-17(20(30)26-21)15(11-16(28)24-18)19(29)23-13-7-5-6-12(22)10-13/h5-7,10,14-15,17-18,21,25H,2-4,8-9,11H2,1H3,(H,23,29)(H,24,28)(H,26,30). The molecule has 4 N–H and O–H groups in total. The van der Waals surface area contributed by atoms with Crippen LogP contribution in [0.1, 0.15) is 39.0 Å². The van der Waals surface area contributed by atoms with E-state index in [2.05, 4.69) is 33.1 Å². The van der Waals surface area contributed by atoms with Gasteiger partial charge in [0.25, 0.3) is 0 Å². The normalized spacial score (nSPS) is 32.0. The molecule has 0 aromatic heterocycles. The van der Waals surface area contributed by atoms with Gasteiger partial charge < -0.3 is 16.0 Å². The molecule has 0 bridgehead atoms. The molecule has 1 aromatic rings. The quantitative estimate of drug-likeness (QED) is 0.588. The molecule has 5 atom stereocenters. The summed E-state index contributed by atoms with van der Waals surface area (Å²) in [5.74, 6) is -3.07. The number of halogens is 1. The second kappa shape index (κ2) is 8.69. The molecule has 0 saturated carbocycles. The van der Waals surface area contributed by atoms with Crippen molar-refractivity contribution in [2.45, 2.75) is 57.5 Å². The molecule has 3 fully saturated rings. The van der Waals surface area contributed by atoms with Crippen molar-refractivity contribution in [3.63, 3.8) is 0 Å². The first-order chi connectivity index (χ1) is 14.5. The van der Waals surface area contributed by atoms with E-state index in [9.17, 15) is 18.8 Å². The maximum Gasteiger partial charge on any atom is 0.229 e. The first-order valence-electron chi connectivity index (χ1n) is 10.6. The highest BCUT2D eigenvalue weighted by Crippen LogP contribution is 2.30. The van der Waals surface area contributed by atoms with Crippen LogP contribution in [0.15, 0.2) is 24.3 Å². The Morgan fingerprint density at radius 2 is 2.10 bits per heavy atom. The van der Waals surface area contributed by atoms with Crippen LogP contribution in [0.4, 0.5) is 10.1 Å². The molecule has 0 aliphatic carbocycles. The SMILES string of the molecule is CCC1CCCCN1C1NC(=O)C2C(NC(=O)CC2C(=O)Nc2cccc(F)c2)N1. The Morgan fingerprint density at radius 3 is 2.87 bits per heavy atom. The van der Waals surface area contributed by atoms with Gasteiger partial charge >= 0.3 is 0 Å². The minimum atomic E-state index is -0.844. The molecule has 3 aliphatic rings. The summed E-state index contributed by atoms with van der Waals surface area (Å²) in [6.45, 7) is 3.00. The van der Waals surface area contributed by atoms with E-state index in [0.717, 1.165) is 25.8 Å². The highest BCUT2D eigenvalue weighted by atomic mass is 19.1. The Bertz CT molecular complexity index is 835. The second-order valence-electron chi connectivity index (χ2n) is 8.25. The van der Waals surface area contributed by atoms with Gasteiger partial charge in [-0.1, -0.05) is 19.4 Å². The highest BCUT2D eigenvalue weighted by molar-refractivity contribution is 6.00. The summed E-state index contributed by atoms with van der Waals surface area (Å²) in [6, 6.07) is 5.90. The average Bonchev–Trinajstić information content (AvgIpc) is 2.72. The van der Waals surface area contributed by atoms with Crippen LogP contribution >= 0.6 is 0 Å². The van der Waals surface area contributed by atoms with Crippen LogP contribution in [-0.4, -0.2) is 47.7 Å². The smallest absolute Gasteiger partial charge is 0.229 e. The van der Waals surface area contributed by atoms with Gasteiger partial charge in [0.2, 0.25) is 17.7 Å². The maximum absolute atomic E-state index is 13.4. The van der Waals surface area contributed by atoms with E-state index in [1.807, 2.05) is 0 Å². The number of carbonyl (C=O) groups is 3. The van der Waals surface area contributed by atoms with Crippen molar-refractivity contribution in [1.29, 1.82) is 0 Å². The molecule has 0 spiro atoms. The minimum absolute atomic E-state index is 0.0939. The van der Waals surface area contributed by atoms with Crippen molar-refractivity contribution in [2.24, 2.45) is 11.8 Å². The average molecular weight is 417 g/mol. The summed E-state index contributed by atoms with van der Waals surface area (Å²) >= 11 is 0. The lowest BCUT2D eigenvalue weighted by atomic mass is 9.81. The summed E-state index contributed by atoms with van der Waals surface area (Å²) in [6.07, 6.45) is 3.17. The van der Waals surface area contributed by atoms with Gasteiger partial charge in [0, 0.05) is 24.7 Å². The Morgan fingerprint density at radius 1 is 1.27 bits per heavy atom. The Hall–Kier alpha value is -2.52. The fourth-order valence-corrected chi connectivity index (χ4v) is 4.84. The van der Waals surface area contributed by atoms with E-state index < -0.39 is 29.7 Å². The number of benzene rings is 1. The fraction of sp³-hybridized carbons (Fsp3) is 0.571. The summed E-state index contributed by atoms with van der Waals surface area (Å²) < 4.78 is 13.4. The lowest BCUT2D eigenvalue weighted by molar-refractivity contribution is -0.148. The van der Waals surface area contributed by atoms with Crippen LogP contribution in [-0.2, 0) is 14.4 Å². The number of hydrogen-bond acceptors (Lipinski definition) is 5. The van der Waals surface area contributed by atoms with E-state index in [-0.39, 0.29) is 24.5 Å². The van der Waals surface area contributed by atoms with E-state index in [4.69, 9.17) is 0 Å². The van der Waals surface area contributed by atoms with Crippen molar-refractivity contribution in [2.75, 3.05) is 11.9 Å². The van der Waals surface area contributed by atoms with Crippen LogP contribution in [0.2, 0.25) is 0 Å². The first kappa shape index (κ1) is 20.7. The number of nitrogens with zero attached hydrogens (tertiary/aromatic N) is 1. The van der Waals surface area contributed by atoms with E-state index in [1.54, 1.807) is 6.07 Å². The number of fused-ring (bicyclic) bond motifs is 1. The largest absolute Gasteiger partial charge is 0.340 e. The van der Waals surface area contributed by atoms with Crippen LogP contribution in [0.25, 0.3) is 0 Å². The van der Waals surface area contributed by atoms with Gasteiger partial charge in [0.05, 0.1) is 18.0 Å². The molecular weight excluding hydrogens is 389 g/mol. The number of rotatable bonds is 4. The molecule has 9 heteroatoms. The van der Waals surface area contributed by atoms with Gasteiger partial charge in [-0.05, 0) is 37.5 Å². The van der Waals surface area contributed by atoms with Crippen molar-refractivity contribution < 1.29 is 18.8 Å². The Balaban J connectivity index is 1.50. The van der Waals surface area contributed by atoms with Gasteiger partial charge in [0.1, 0.15) is 12.1 Å². The molecule has 3 saturated heterocycles. The molecule has 0 radical (unpaired) electrons. The summed E-state index contributed by atoms with van der Waals surface area (Å²) in [7, 11) is 0. The van der Waals surface area contributed by atoms with Crippen LogP contribution < -0.4 is 21.3 Å². The van der Waals surface area contributed by atoms with Gasteiger partial charge in [-0.2, -0.15) is 0 Å². The second-order valence-corrected chi connectivity index (χ2v) is 8.25. The van der Waals surface area contributed by atoms with Crippen molar-refractivity contribution in [3.05, 3.63) is 30.1 Å². The number of hydrogen-bond donors (Lipinski definition) is 4. The lowest BCUT2D eigenvalue weighted by Crippen LogP contribution is -2.75. The van der Waals surface area contributed by atoms with Crippen molar-refractivity contribution in [1.82, 2.24) is 20.9 Å². The summed E-state index contributed by atoms with van der Waals surface area (Å²) in [5.41, 5.74) is 0.295. The fourth-order valence-electron chi connectivity index (χ4n) is 4.84. The Labute approximate surface area is 174 Å². The molecular formula is C21H28FN5O3. The maximum atomic E-state index is 13.4. The minimum Gasteiger partial charge on any atom is -0.340 e. The highest BCUT2D eigenvalue weighted by Gasteiger charge is 2.49. The topological polar surface area (TPSA) is 103 Å². The summed E-state index contributed by atoms with van der Waals surface area (Å²) in [4.78, 5) is 40.5. The van der Waals surface area contributed by atoms with E-state index in [0.29, 0.717) is 11.7 Å². The third-order valence-electron chi connectivity index (χ3n) is 6.34. The van der Waals surface area contributed by atoms with Gasteiger partial charge in [-0.15, -0.1) is 0 Å². The van der Waals surface area contributed by atoms with E-state index >= 15 is 0 Å². The Kier molecular flexibility index (Phi) is 6.01. The molecule has 8 nitrogen and oxygen atoms in total. The molecule has 4 rings (SSSR count). The van der Waals surface area contributed by atoms with Gasteiger partial charge in [-0.3, -0.25) is 24.6 Å². The molecule has 3 aliphatic heterocycles. The predicted octanol–water partition coefficient (Wildman–Crippen LogP) is 1.11. The summed E-state index contributed by atoms with van der Waals surface area (Å²) in [5, 5.41) is 11.8. The predicted molar refractivity (Wildman–Crippen MR) is 108 cm³/mol. The van der Waals surface area contributed by atoms with Crippen LogP contribution in [0.5, 0.6) is 0 Å². The number of carbonyl (C=O) groups excluding carboxylic acids is 3. The number of anilines is 1. The van der Waals surface area contributed by atoms with Gasteiger partial charge in [-0.25, -0.2) is 4.39 Å². The molecule has 3 heterocycles. The number of likely N-dealkylation sites (tertiary alicyclic amines) is 1. The first-order valence-corrected chi connectivity index (χ1v) is 10.6. The zero-order valence-electron chi connectivity index (χ0n) is 17.0. The molecule has 3 amide bonds. The molecule has 30 heavy (non-hydrogen) atoms. The van der Waals surface area contributed by atoms with Crippen LogP contribution in [0, 0.1) is 17.7 Å². The van der Waals surface area contributed by atoms with Crippen molar-refractivity contribution >= 4 is 23.4 Å². The lowest BCUT2D eigenvalue weighted by Gasteiger charge is -2.49. The van der Waals surface area contributed by atoms with Crippen molar-refractivity contribution in [3.8, 4) is 0 Å². The third kappa shape index (κ3) is 4.17. The molecule has 162 valence electrons. The number of piperidine rings is 2. The van der Waals surface area contributed by atoms with Gasteiger partial charge in [0.15, 0.2) is 0 Å². The monoisotopic (exact) mass is 417 g/mol. The molecule has 1 aromatic carbocycles. The number of amides is 3. The zero-order valence-corrected chi connectivity index (χ0v) is 17.0. The third-order valence-corrected chi connectivity index (χ3v) is 6.34. The zero-order chi connectivity index (χ0) is 21.3. The van der Waals surface area contributed by atoms with E-state index in [1.165, 1.54) is 24.6 Å². The van der Waals surface area contributed by atoms with Crippen LogP contribution in [0.3, 0.4) is 0 Å². The number of nitrogens with one attached hydrogen (secondary N) is 4. The molecule has 5 unspecified atom stereocenters.